The van der Waals surface area contributed by atoms with Crippen molar-refractivity contribution in [1.82, 2.24) is 9.78 Å². The van der Waals surface area contributed by atoms with Gasteiger partial charge in [-0.25, -0.2) is 9.07 Å². The molecule has 2 fully saturated rings. The van der Waals surface area contributed by atoms with Crippen molar-refractivity contribution in [2.24, 2.45) is 23.2 Å². The van der Waals surface area contributed by atoms with E-state index in [4.69, 9.17) is 0 Å². The third kappa shape index (κ3) is 2.78. The lowest BCUT2D eigenvalue weighted by Gasteiger charge is -2.60. The highest BCUT2D eigenvalue weighted by Crippen LogP contribution is 2.61. The number of fused-ring (bicyclic) bond motifs is 6. The molecule has 0 saturated heterocycles. The Labute approximate surface area is 182 Å². The van der Waals surface area contributed by atoms with E-state index in [1.165, 1.54) is 36.1 Å². The Morgan fingerprint density at radius 1 is 1.10 bits per heavy atom. The zero-order chi connectivity index (χ0) is 21.4. The number of carbonyl (C=O) groups excluding carboxylic acids is 1. The number of allylic oxidation sites excluding steroid dienone is 2. The van der Waals surface area contributed by atoms with Gasteiger partial charge in [-0.05, 0) is 99.0 Å². The number of hydrogen-bond donors (Lipinski definition) is 1. The normalized spacial score (nSPS) is 36.4. The van der Waals surface area contributed by atoms with E-state index in [0.717, 1.165) is 37.2 Å². The van der Waals surface area contributed by atoms with E-state index in [9.17, 15) is 9.18 Å². The fraction of sp³-hybridized carbons (Fsp3) is 0.538. The minimum absolute atomic E-state index is 0.0358. The second-order valence-corrected chi connectivity index (χ2v) is 10.7. The molecular formula is C26H30FN3O. The summed E-state index contributed by atoms with van der Waals surface area (Å²) >= 11 is 0. The quantitative estimate of drug-likeness (QED) is 0.667. The van der Waals surface area contributed by atoms with Crippen LogP contribution in [0.1, 0.15) is 57.9 Å². The van der Waals surface area contributed by atoms with Crippen molar-refractivity contribution in [2.75, 3.05) is 5.32 Å². The van der Waals surface area contributed by atoms with Gasteiger partial charge in [0.2, 0.25) is 0 Å². The maximum Gasteiger partial charge on any atom is 0.155 e. The average Bonchev–Trinajstić information content (AvgIpc) is 3.15. The third-order valence-corrected chi connectivity index (χ3v) is 9.11. The van der Waals surface area contributed by atoms with Crippen LogP contribution in [0.25, 0.3) is 5.69 Å². The van der Waals surface area contributed by atoms with Gasteiger partial charge in [0, 0.05) is 17.5 Å². The molecule has 0 amide bonds. The summed E-state index contributed by atoms with van der Waals surface area (Å²) < 4.78 is 15.3. The van der Waals surface area contributed by atoms with Crippen LogP contribution in [0.4, 0.5) is 10.2 Å². The van der Waals surface area contributed by atoms with E-state index < -0.39 is 0 Å². The van der Waals surface area contributed by atoms with Gasteiger partial charge in [-0.2, -0.15) is 5.10 Å². The molecule has 0 radical (unpaired) electrons. The molecule has 3 aliphatic carbocycles. The van der Waals surface area contributed by atoms with Crippen molar-refractivity contribution in [3.05, 3.63) is 53.5 Å². The number of benzene rings is 1. The van der Waals surface area contributed by atoms with Crippen molar-refractivity contribution in [1.29, 1.82) is 0 Å². The lowest BCUT2D eigenvalue weighted by atomic mass is 9.47. The van der Waals surface area contributed by atoms with Crippen LogP contribution in [0, 0.1) is 29.0 Å². The van der Waals surface area contributed by atoms with Crippen molar-refractivity contribution >= 4 is 11.6 Å². The predicted octanol–water partition coefficient (Wildman–Crippen LogP) is 5.47. The van der Waals surface area contributed by atoms with Crippen LogP contribution < -0.4 is 5.32 Å². The Balaban J connectivity index is 1.35. The summed E-state index contributed by atoms with van der Waals surface area (Å²) in [4.78, 5) is 12.1. The monoisotopic (exact) mass is 419 g/mol. The number of halogens is 1. The van der Waals surface area contributed by atoms with E-state index in [1.807, 2.05) is 17.0 Å². The van der Waals surface area contributed by atoms with Gasteiger partial charge in [0.15, 0.2) is 5.78 Å². The zero-order valence-electron chi connectivity index (χ0n) is 18.3. The standard InChI is InChI=1S/C26H30FN3O/c1-25-11-9-20(31)14-17(25)3-8-21-22(25)10-12-26(2)23(21)13-16-15-28-30(24(16)29-26)19-6-4-18(27)5-7-19/h4-7,14-15,21-23,29H,3,8-13H2,1-2H3/t21-,22+,23?,25+,26+/m1/s1. The minimum Gasteiger partial charge on any atom is -0.364 e. The summed E-state index contributed by atoms with van der Waals surface area (Å²) in [5, 5.41) is 8.56. The van der Waals surface area contributed by atoms with Crippen LogP contribution in [0.2, 0.25) is 0 Å². The molecular weight excluding hydrogens is 389 g/mol. The Hall–Kier alpha value is -2.43. The molecule has 1 aromatic carbocycles. The summed E-state index contributed by atoms with van der Waals surface area (Å²) in [6, 6.07) is 6.56. The summed E-state index contributed by atoms with van der Waals surface area (Å²) in [6.07, 6.45) is 11.3. The van der Waals surface area contributed by atoms with Crippen molar-refractivity contribution in [2.45, 2.75) is 64.3 Å². The molecule has 5 atom stereocenters. The number of nitrogens with one attached hydrogen (secondary N) is 1. The number of carbonyl (C=O) groups is 1. The topological polar surface area (TPSA) is 46.9 Å². The predicted molar refractivity (Wildman–Crippen MR) is 119 cm³/mol. The number of nitrogens with zero attached hydrogens (tertiary/aromatic N) is 2. The number of ketones is 1. The first kappa shape index (κ1) is 19.3. The molecule has 1 aliphatic heterocycles. The second-order valence-electron chi connectivity index (χ2n) is 10.7. The summed E-state index contributed by atoms with van der Waals surface area (Å²) in [5.74, 6) is 3.06. The molecule has 2 aromatic rings. The number of hydrogen-bond acceptors (Lipinski definition) is 3. The first-order valence-electron chi connectivity index (χ1n) is 11.7. The van der Waals surface area contributed by atoms with Gasteiger partial charge in [-0.15, -0.1) is 0 Å². The van der Waals surface area contributed by atoms with Gasteiger partial charge in [-0.1, -0.05) is 12.5 Å². The molecule has 4 aliphatic rings. The lowest BCUT2D eigenvalue weighted by molar-refractivity contribution is -0.117. The van der Waals surface area contributed by atoms with Crippen LogP contribution in [-0.2, 0) is 11.2 Å². The lowest BCUT2D eigenvalue weighted by Crippen LogP contribution is -2.58. The molecule has 6 rings (SSSR count). The maximum absolute atomic E-state index is 13.4. The van der Waals surface area contributed by atoms with Crippen LogP contribution in [0.3, 0.4) is 0 Å². The summed E-state index contributed by atoms with van der Waals surface area (Å²) in [6.45, 7) is 4.82. The van der Waals surface area contributed by atoms with Gasteiger partial charge in [0.05, 0.1) is 11.9 Å². The number of aromatic nitrogens is 2. The van der Waals surface area contributed by atoms with Crippen molar-refractivity contribution in [3.8, 4) is 5.69 Å². The third-order valence-electron chi connectivity index (χ3n) is 9.11. The molecule has 2 heterocycles. The second kappa shape index (κ2) is 6.54. The Kier molecular flexibility index (Phi) is 4.06. The van der Waals surface area contributed by atoms with E-state index in [1.54, 1.807) is 12.1 Å². The largest absolute Gasteiger partial charge is 0.364 e. The molecule has 1 aromatic heterocycles. The summed E-state index contributed by atoms with van der Waals surface area (Å²) in [7, 11) is 0. The number of rotatable bonds is 1. The molecule has 0 bridgehead atoms. The molecule has 31 heavy (non-hydrogen) atoms. The molecule has 2 saturated carbocycles. The summed E-state index contributed by atoms with van der Waals surface area (Å²) in [5.41, 5.74) is 3.79. The van der Waals surface area contributed by atoms with E-state index in [2.05, 4.69) is 24.3 Å². The molecule has 0 spiro atoms. The van der Waals surface area contributed by atoms with E-state index >= 15 is 0 Å². The Morgan fingerprint density at radius 2 is 1.90 bits per heavy atom. The molecule has 162 valence electrons. The van der Waals surface area contributed by atoms with E-state index in [-0.39, 0.29) is 16.8 Å². The van der Waals surface area contributed by atoms with Crippen molar-refractivity contribution < 1.29 is 9.18 Å². The smallest absolute Gasteiger partial charge is 0.155 e. The highest BCUT2D eigenvalue weighted by atomic mass is 19.1. The molecule has 5 heteroatoms. The SMILES string of the molecule is C[C@]12CCC(=O)C=C1CC[C@H]1C3Cc4cnn(-c5ccc(F)cc5)c4N[C@@]3(C)CC[C@@H]12. The van der Waals surface area contributed by atoms with Crippen LogP contribution in [-0.4, -0.2) is 21.1 Å². The number of anilines is 1. The first-order valence-corrected chi connectivity index (χ1v) is 11.7. The van der Waals surface area contributed by atoms with Gasteiger partial charge < -0.3 is 5.32 Å². The molecule has 1 N–H and O–H groups in total. The first-order chi connectivity index (χ1) is 14.9. The Bertz CT molecular complexity index is 1090. The van der Waals surface area contributed by atoms with Gasteiger partial charge in [-0.3, -0.25) is 4.79 Å². The molecule has 4 nitrogen and oxygen atoms in total. The van der Waals surface area contributed by atoms with Crippen LogP contribution >= 0.6 is 0 Å². The van der Waals surface area contributed by atoms with Crippen molar-refractivity contribution in [3.63, 3.8) is 0 Å². The van der Waals surface area contributed by atoms with Gasteiger partial charge >= 0.3 is 0 Å². The van der Waals surface area contributed by atoms with Crippen LogP contribution in [0.5, 0.6) is 0 Å². The van der Waals surface area contributed by atoms with Gasteiger partial charge in [0.25, 0.3) is 0 Å². The maximum atomic E-state index is 13.4. The fourth-order valence-electron chi connectivity index (χ4n) is 7.36. The minimum atomic E-state index is -0.230. The zero-order valence-corrected chi connectivity index (χ0v) is 18.3. The highest BCUT2D eigenvalue weighted by Gasteiger charge is 2.56. The van der Waals surface area contributed by atoms with E-state index in [0.29, 0.717) is 30.0 Å². The van der Waals surface area contributed by atoms with Crippen LogP contribution in [0.15, 0.2) is 42.1 Å². The molecule has 1 unspecified atom stereocenters. The average molecular weight is 420 g/mol. The van der Waals surface area contributed by atoms with Gasteiger partial charge in [0.1, 0.15) is 11.6 Å². The highest BCUT2D eigenvalue weighted by molar-refractivity contribution is 5.91. The Morgan fingerprint density at radius 3 is 2.71 bits per heavy atom. The fourth-order valence-corrected chi connectivity index (χ4v) is 7.36.